The van der Waals surface area contributed by atoms with Crippen LogP contribution in [0.25, 0.3) is 0 Å². The second kappa shape index (κ2) is 9.82. The van der Waals surface area contributed by atoms with Crippen molar-refractivity contribution in [2.24, 2.45) is 5.92 Å². The minimum atomic E-state index is -0.104. The van der Waals surface area contributed by atoms with Crippen LogP contribution in [-0.2, 0) is 11.2 Å². The first-order chi connectivity index (χ1) is 13.5. The normalized spacial score (nSPS) is 12.1. The van der Waals surface area contributed by atoms with Crippen LogP contribution in [0.1, 0.15) is 35.9 Å². The summed E-state index contributed by atoms with van der Waals surface area (Å²) in [7, 11) is 0. The number of carbonyl (C=O) groups is 1. The number of pyridine rings is 1. The Balaban J connectivity index is 1.69. The molecule has 1 atom stereocenters. The number of quaternary nitrogens is 1. The highest BCUT2D eigenvalue weighted by molar-refractivity contribution is 7.10. The van der Waals surface area contributed by atoms with Crippen molar-refractivity contribution in [1.82, 2.24) is 4.98 Å². The summed E-state index contributed by atoms with van der Waals surface area (Å²) in [5, 5.41) is 7.26. The number of anilines is 1. The quantitative estimate of drug-likeness (QED) is 0.540. The van der Waals surface area contributed by atoms with Gasteiger partial charge in [0.1, 0.15) is 6.04 Å². The van der Waals surface area contributed by atoms with Crippen LogP contribution in [0.5, 0.6) is 0 Å². The van der Waals surface area contributed by atoms with Crippen LogP contribution in [0.4, 0.5) is 5.69 Å². The Morgan fingerprint density at radius 2 is 1.96 bits per heavy atom. The van der Waals surface area contributed by atoms with Crippen LogP contribution < -0.4 is 10.6 Å². The first-order valence-electron chi connectivity index (χ1n) is 9.39. The van der Waals surface area contributed by atoms with Crippen LogP contribution in [-0.4, -0.2) is 17.4 Å². The van der Waals surface area contributed by atoms with Gasteiger partial charge in [-0.2, -0.15) is 0 Å². The van der Waals surface area contributed by atoms with Crippen LogP contribution >= 0.6 is 22.9 Å². The predicted molar refractivity (Wildman–Crippen MR) is 116 cm³/mol. The highest BCUT2D eigenvalue weighted by atomic mass is 35.5. The number of thiophene rings is 1. The maximum atomic E-state index is 12.4. The summed E-state index contributed by atoms with van der Waals surface area (Å²) in [6, 6.07) is 16.5. The lowest BCUT2D eigenvalue weighted by molar-refractivity contribution is -0.675. The fraction of sp³-hybridized carbons (Fsp3) is 0.273. The molecule has 0 aliphatic carbocycles. The van der Waals surface area contributed by atoms with E-state index in [4.69, 9.17) is 11.6 Å². The van der Waals surface area contributed by atoms with Gasteiger partial charge < -0.3 is 10.6 Å². The first kappa shape index (κ1) is 20.5. The van der Waals surface area contributed by atoms with E-state index in [1.54, 1.807) is 29.7 Å². The molecule has 0 bridgehead atoms. The zero-order valence-corrected chi connectivity index (χ0v) is 17.6. The van der Waals surface area contributed by atoms with Crippen molar-refractivity contribution in [3.8, 4) is 0 Å². The molecule has 1 aromatic carbocycles. The van der Waals surface area contributed by atoms with E-state index in [0.717, 1.165) is 6.42 Å². The zero-order chi connectivity index (χ0) is 19.9. The summed E-state index contributed by atoms with van der Waals surface area (Å²) in [4.78, 5) is 17.6. The van der Waals surface area contributed by atoms with Crippen molar-refractivity contribution in [3.05, 3.63) is 81.3 Å². The highest BCUT2D eigenvalue weighted by Gasteiger charge is 2.20. The van der Waals surface area contributed by atoms with Gasteiger partial charge in [0, 0.05) is 11.8 Å². The maximum absolute atomic E-state index is 12.4. The van der Waals surface area contributed by atoms with Crippen LogP contribution in [0.3, 0.4) is 0 Å². The fourth-order valence-electron chi connectivity index (χ4n) is 3.12. The Labute approximate surface area is 175 Å². The molecule has 2 aromatic heterocycles. The zero-order valence-electron chi connectivity index (χ0n) is 16.1. The minimum absolute atomic E-state index is 0.0863. The van der Waals surface area contributed by atoms with E-state index in [2.05, 4.69) is 65.2 Å². The third kappa shape index (κ3) is 5.64. The monoisotopic (exact) mass is 414 g/mol. The molecule has 0 unspecified atom stereocenters. The van der Waals surface area contributed by atoms with Gasteiger partial charge in [-0.25, -0.2) is 4.98 Å². The van der Waals surface area contributed by atoms with Gasteiger partial charge in [0.15, 0.2) is 11.7 Å². The van der Waals surface area contributed by atoms with Crippen molar-refractivity contribution < 1.29 is 10.1 Å². The van der Waals surface area contributed by atoms with Gasteiger partial charge in [-0.15, -0.1) is 11.3 Å². The molecule has 0 aliphatic rings. The third-order valence-corrected chi connectivity index (χ3v) is 5.66. The molecule has 146 valence electrons. The molecule has 4 nitrogen and oxygen atoms in total. The molecule has 3 N–H and O–H groups in total. The van der Waals surface area contributed by atoms with E-state index in [-0.39, 0.29) is 11.9 Å². The molecule has 0 radical (unpaired) electrons. The summed E-state index contributed by atoms with van der Waals surface area (Å²) >= 11 is 7.73. The number of nitrogens with zero attached hydrogens (tertiary/aromatic N) is 1. The van der Waals surface area contributed by atoms with Gasteiger partial charge in [0.05, 0.1) is 10.6 Å². The minimum Gasteiger partial charge on any atom is -0.328 e. The molecule has 0 aliphatic heterocycles. The molecule has 1 amide bonds. The SMILES string of the molecule is CC(C)Cc1ccc([C@@H]([NH2+]CC(=O)Nc2cccnc2Cl)c2cccs2)cc1. The van der Waals surface area contributed by atoms with Crippen molar-refractivity contribution in [3.63, 3.8) is 0 Å². The molecule has 0 fully saturated rings. The van der Waals surface area contributed by atoms with Crippen molar-refractivity contribution >= 4 is 34.5 Å². The Bertz CT molecular complexity index is 894. The third-order valence-electron chi connectivity index (χ3n) is 4.40. The Kier molecular flexibility index (Phi) is 7.20. The molecule has 6 heteroatoms. The summed E-state index contributed by atoms with van der Waals surface area (Å²) in [5.41, 5.74) is 3.07. The molecule has 28 heavy (non-hydrogen) atoms. The van der Waals surface area contributed by atoms with Gasteiger partial charge in [0.25, 0.3) is 5.91 Å². The number of hydrogen-bond acceptors (Lipinski definition) is 3. The average Bonchev–Trinajstić information content (AvgIpc) is 3.19. The van der Waals surface area contributed by atoms with Crippen molar-refractivity contribution in [2.75, 3.05) is 11.9 Å². The Morgan fingerprint density at radius 3 is 2.61 bits per heavy atom. The highest BCUT2D eigenvalue weighted by Crippen LogP contribution is 2.23. The number of nitrogens with one attached hydrogen (secondary N) is 1. The van der Waals surface area contributed by atoms with E-state index < -0.39 is 0 Å². The van der Waals surface area contributed by atoms with E-state index in [1.165, 1.54) is 16.0 Å². The number of nitrogens with two attached hydrogens (primary N) is 1. The summed E-state index contributed by atoms with van der Waals surface area (Å²) in [5.74, 6) is 0.529. The molecule has 0 spiro atoms. The number of hydrogen-bond donors (Lipinski definition) is 2. The number of aromatic nitrogens is 1. The smallest absolute Gasteiger partial charge is 0.279 e. The molecule has 3 rings (SSSR count). The molecular weight excluding hydrogens is 390 g/mol. The number of rotatable bonds is 8. The lowest BCUT2D eigenvalue weighted by Gasteiger charge is -2.16. The molecule has 2 heterocycles. The van der Waals surface area contributed by atoms with Crippen LogP contribution in [0.2, 0.25) is 5.15 Å². The predicted octanol–water partition coefficient (Wildman–Crippen LogP) is 4.29. The van der Waals surface area contributed by atoms with E-state index in [0.29, 0.717) is 23.3 Å². The molecule has 0 saturated heterocycles. The standard InChI is InChI=1S/C22H24ClN3OS/c1-15(2)13-16-7-9-17(10-8-16)21(19-6-4-12-28-19)25-14-20(27)26-18-5-3-11-24-22(18)23/h3-12,15,21,25H,13-14H2,1-2H3,(H,26,27)/p+1/t21-/m1/s1. The van der Waals surface area contributed by atoms with Crippen molar-refractivity contribution in [2.45, 2.75) is 26.3 Å². The summed E-state index contributed by atoms with van der Waals surface area (Å²) in [6.45, 7) is 4.74. The lowest BCUT2D eigenvalue weighted by Crippen LogP contribution is -2.87. The van der Waals surface area contributed by atoms with Crippen LogP contribution in [0, 0.1) is 5.92 Å². The van der Waals surface area contributed by atoms with Gasteiger partial charge in [-0.1, -0.05) is 55.8 Å². The second-order valence-electron chi connectivity index (χ2n) is 7.16. The number of amides is 1. The summed E-state index contributed by atoms with van der Waals surface area (Å²) < 4.78 is 0. The molecule has 0 saturated carbocycles. The largest absolute Gasteiger partial charge is 0.328 e. The van der Waals surface area contributed by atoms with E-state index in [9.17, 15) is 4.79 Å². The number of carbonyl (C=O) groups excluding carboxylic acids is 1. The van der Waals surface area contributed by atoms with E-state index in [1.807, 2.05) is 6.07 Å². The van der Waals surface area contributed by atoms with Crippen LogP contribution in [0.15, 0.2) is 60.1 Å². The molecule has 3 aromatic rings. The fourth-order valence-corrected chi connectivity index (χ4v) is 4.14. The van der Waals surface area contributed by atoms with Gasteiger partial charge in [0.2, 0.25) is 0 Å². The van der Waals surface area contributed by atoms with Crippen molar-refractivity contribution in [1.29, 1.82) is 0 Å². The number of benzene rings is 1. The first-order valence-corrected chi connectivity index (χ1v) is 10.6. The average molecular weight is 415 g/mol. The van der Waals surface area contributed by atoms with Gasteiger partial charge in [-0.3, -0.25) is 4.79 Å². The maximum Gasteiger partial charge on any atom is 0.279 e. The Hall–Kier alpha value is -2.21. The molecular formula is C22H25ClN3OS+. The lowest BCUT2D eigenvalue weighted by atomic mass is 9.99. The Morgan fingerprint density at radius 1 is 1.18 bits per heavy atom. The second-order valence-corrected chi connectivity index (χ2v) is 8.50. The summed E-state index contributed by atoms with van der Waals surface area (Å²) in [6.07, 6.45) is 2.67. The van der Waals surface area contributed by atoms with Gasteiger partial charge >= 0.3 is 0 Å². The topological polar surface area (TPSA) is 58.6 Å². The van der Waals surface area contributed by atoms with Gasteiger partial charge in [-0.05, 0) is 41.5 Å². The van der Waals surface area contributed by atoms with E-state index >= 15 is 0 Å². The number of halogens is 1.